The fourth-order valence-electron chi connectivity index (χ4n) is 4.99. The summed E-state index contributed by atoms with van der Waals surface area (Å²) < 4.78 is 0. The molecule has 148 valence electrons. The van der Waals surface area contributed by atoms with Gasteiger partial charge < -0.3 is 10.4 Å². The van der Waals surface area contributed by atoms with E-state index in [-0.39, 0.29) is 6.10 Å². The van der Waals surface area contributed by atoms with Crippen molar-refractivity contribution < 1.29 is 5.11 Å². The highest BCUT2D eigenvalue weighted by molar-refractivity contribution is 5.23. The van der Waals surface area contributed by atoms with Crippen molar-refractivity contribution in [3.8, 4) is 0 Å². The maximum atomic E-state index is 10.5. The fraction of sp³-hybridized carbons (Fsp3) is 0.600. The van der Waals surface area contributed by atoms with E-state index in [1.165, 1.54) is 43.2 Å². The highest BCUT2D eigenvalue weighted by atomic mass is 16.3. The Morgan fingerprint density at radius 2 is 2.07 bits per heavy atom. The molecule has 3 rings (SSSR count). The number of aryl methyl sites for hydroxylation is 2. The quantitative estimate of drug-likeness (QED) is 0.440. The molecule has 2 aliphatic carbocycles. The Morgan fingerprint density at radius 1 is 1.19 bits per heavy atom. The topological polar surface area (TPSA) is 32.3 Å². The van der Waals surface area contributed by atoms with Gasteiger partial charge in [-0.1, -0.05) is 60.1 Å². The van der Waals surface area contributed by atoms with Crippen molar-refractivity contribution in [2.24, 2.45) is 17.8 Å². The minimum Gasteiger partial charge on any atom is -0.392 e. The Hall–Kier alpha value is -1.38. The number of hydrogen-bond donors (Lipinski definition) is 2. The minimum atomic E-state index is -0.149. The molecule has 1 aromatic carbocycles. The molecule has 0 amide bonds. The van der Waals surface area contributed by atoms with Crippen molar-refractivity contribution in [3.63, 3.8) is 0 Å². The van der Waals surface area contributed by atoms with Gasteiger partial charge in [-0.05, 0) is 82.9 Å². The third-order valence-electron chi connectivity index (χ3n) is 6.42. The molecule has 0 saturated heterocycles. The maximum Gasteiger partial charge on any atom is 0.0611 e. The van der Waals surface area contributed by atoms with Gasteiger partial charge >= 0.3 is 0 Å². The van der Waals surface area contributed by atoms with Crippen LogP contribution in [0, 0.1) is 24.7 Å². The van der Waals surface area contributed by atoms with E-state index in [2.05, 4.69) is 54.7 Å². The molecule has 0 aromatic heterocycles. The predicted octanol–water partition coefficient (Wildman–Crippen LogP) is 5.21. The van der Waals surface area contributed by atoms with E-state index in [1.807, 2.05) is 7.05 Å². The third kappa shape index (κ3) is 5.80. The summed E-state index contributed by atoms with van der Waals surface area (Å²) in [7, 11) is 2.03. The van der Waals surface area contributed by atoms with Crippen molar-refractivity contribution in [1.29, 1.82) is 0 Å². The number of benzene rings is 1. The van der Waals surface area contributed by atoms with Gasteiger partial charge in [0, 0.05) is 5.92 Å². The van der Waals surface area contributed by atoms with Crippen LogP contribution in [0.5, 0.6) is 0 Å². The van der Waals surface area contributed by atoms with Crippen LogP contribution in [-0.4, -0.2) is 24.8 Å². The van der Waals surface area contributed by atoms with Crippen molar-refractivity contribution in [1.82, 2.24) is 5.32 Å². The van der Waals surface area contributed by atoms with Crippen molar-refractivity contribution >= 4 is 0 Å². The molecular weight excluding hydrogens is 330 g/mol. The smallest absolute Gasteiger partial charge is 0.0611 e. The number of unbranched alkanes of at least 4 members (excludes halogenated alkanes) is 2. The standard InChI is InChI=1S/C25H37NO/c1-19-9-8-12-20(15-19)10-5-6-13-23-24-17-21(11-4-3-7-14-26-2)16-22(24)18-25(23)27/h6,8-9,12-13,15-16,22-27H,3-5,7,10-11,14,17-18H2,1-2H3/b13-6+/t22-,23+,24-,25+/m0/s1. The van der Waals surface area contributed by atoms with E-state index in [9.17, 15) is 5.11 Å². The fourth-order valence-corrected chi connectivity index (χ4v) is 4.99. The molecule has 1 saturated carbocycles. The van der Waals surface area contributed by atoms with E-state index >= 15 is 0 Å². The molecule has 2 N–H and O–H groups in total. The first-order valence-electron chi connectivity index (χ1n) is 10.9. The van der Waals surface area contributed by atoms with Crippen LogP contribution in [0.3, 0.4) is 0 Å². The summed E-state index contributed by atoms with van der Waals surface area (Å²) in [4.78, 5) is 0. The zero-order valence-corrected chi connectivity index (χ0v) is 17.2. The molecular formula is C25H37NO. The Kier molecular flexibility index (Phi) is 7.72. The van der Waals surface area contributed by atoms with Crippen LogP contribution < -0.4 is 5.32 Å². The first kappa shape index (κ1) is 20.4. The molecule has 0 spiro atoms. The molecule has 0 unspecified atom stereocenters. The Labute approximate surface area is 165 Å². The first-order chi connectivity index (χ1) is 13.2. The van der Waals surface area contributed by atoms with Gasteiger partial charge in [0.1, 0.15) is 0 Å². The summed E-state index contributed by atoms with van der Waals surface area (Å²) in [5.41, 5.74) is 4.40. The molecule has 0 heterocycles. The van der Waals surface area contributed by atoms with Crippen LogP contribution in [0.1, 0.15) is 56.1 Å². The van der Waals surface area contributed by atoms with Gasteiger partial charge in [-0.15, -0.1) is 0 Å². The molecule has 27 heavy (non-hydrogen) atoms. The molecule has 2 heteroatoms. The summed E-state index contributed by atoms with van der Waals surface area (Å²) in [6.45, 7) is 3.28. The third-order valence-corrected chi connectivity index (χ3v) is 6.42. The molecule has 1 aromatic rings. The second-order valence-electron chi connectivity index (χ2n) is 8.61. The number of hydrogen-bond acceptors (Lipinski definition) is 2. The van der Waals surface area contributed by atoms with Crippen LogP contribution >= 0.6 is 0 Å². The second kappa shape index (κ2) is 10.2. The van der Waals surface area contributed by atoms with Gasteiger partial charge in [0.2, 0.25) is 0 Å². The minimum absolute atomic E-state index is 0.149. The number of nitrogens with one attached hydrogen (secondary N) is 1. The zero-order valence-electron chi connectivity index (χ0n) is 17.2. The van der Waals surface area contributed by atoms with Crippen LogP contribution in [0.4, 0.5) is 0 Å². The van der Waals surface area contributed by atoms with E-state index in [4.69, 9.17) is 0 Å². The van der Waals surface area contributed by atoms with Gasteiger partial charge in [-0.25, -0.2) is 0 Å². The lowest BCUT2D eigenvalue weighted by atomic mass is 9.88. The molecule has 0 radical (unpaired) electrons. The largest absolute Gasteiger partial charge is 0.392 e. The average Bonchev–Trinajstić information content (AvgIpc) is 3.16. The molecule has 2 aliphatic rings. The van der Waals surface area contributed by atoms with Gasteiger partial charge in [-0.3, -0.25) is 0 Å². The summed E-state index contributed by atoms with van der Waals surface area (Å²) in [5.74, 6) is 1.60. The van der Waals surface area contributed by atoms with Crippen LogP contribution in [0.2, 0.25) is 0 Å². The lowest BCUT2D eigenvalue weighted by Gasteiger charge is -2.18. The Morgan fingerprint density at radius 3 is 2.89 bits per heavy atom. The second-order valence-corrected chi connectivity index (χ2v) is 8.61. The summed E-state index contributed by atoms with van der Waals surface area (Å²) >= 11 is 0. The normalized spacial score (nSPS) is 27.3. The van der Waals surface area contributed by atoms with Crippen molar-refractivity contribution in [2.75, 3.05) is 13.6 Å². The van der Waals surface area contributed by atoms with E-state index in [0.717, 1.165) is 25.8 Å². The molecule has 1 fully saturated rings. The number of fused-ring (bicyclic) bond motifs is 1. The van der Waals surface area contributed by atoms with Crippen molar-refractivity contribution in [2.45, 2.75) is 64.4 Å². The monoisotopic (exact) mass is 367 g/mol. The van der Waals surface area contributed by atoms with Gasteiger partial charge in [0.25, 0.3) is 0 Å². The predicted molar refractivity (Wildman–Crippen MR) is 115 cm³/mol. The SMILES string of the molecule is CNCCCCCC1=C[C@H]2C[C@@H](O)[C@H](/C=C/CCc3cccc(C)c3)[C@H]2C1. The highest BCUT2D eigenvalue weighted by Crippen LogP contribution is 2.48. The molecule has 0 bridgehead atoms. The van der Waals surface area contributed by atoms with Crippen LogP contribution in [-0.2, 0) is 6.42 Å². The molecule has 0 aliphatic heterocycles. The first-order valence-corrected chi connectivity index (χ1v) is 10.9. The van der Waals surface area contributed by atoms with Gasteiger partial charge in [-0.2, -0.15) is 0 Å². The number of aliphatic hydroxyl groups excluding tert-OH is 1. The Bertz CT molecular complexity index is 647. The highest BCUT2D eigenvalue weighted by Gasteiger charge is 2.42. The van der Waals surface area contributed by atoms with E-state index in [0.29, 0.717) is 17.8 Å². The Balaban J connectivity index is 1.44. The zero-order chi connectivity index (χ0) is 19.1. The number of rotatable bonds is 10. The average molecular weight is 368 g/mol. The van der Waals surface area contributed by atoms with Gasteiger partial charge in [0.05, 0.1) is 6.10 Å². The lowest BCUT2D eigenvalue weighted by molar-refractivity contribution is 0.141. The number of aliphatic hydroxyl groups is 1. The van der Waals surface area contributed by atoms with Gasteiger partial charge in [0.15, 0.2) is 0 Å². The van der Waals surface area contributed by atoms with Crippen molar-refractivity contribution in [3.05, 3.63) is 59.2 Å². The van der Waals surface area contributed by atoms with E-state index < -0.39 is 0 Å². The number of allylic oxidation sites excluding steroid dienone is 3. The maximum absolute atomic E-state index is 10.5. The van der Waals surface area contributed by atoms with E-state index in [1.54, 1.807) is 5.57 Å². The molecule has 4 atom stereocenters. The van der Waals surface area contributed by atoms with Crippen LogP contribution in [0.15, 0.2) is 48.1 Å². The summed E-state index contributed by atoms with van der Waals surface area (Å²) in [5, 5.41) is 13.7. The molecule has 2 nitrogen and oxygen atoms in total. The lowest BCUT2D eigenvalue weighted by Crippen LogP contribution is -2.17. The summed E-state index contributed by atoms with van der Waals surface area (Å²) in [6, 6.07) is 8.78. The summed E-state index contributed by atoms with van der Waals surface area (Å²) in [6.07, 6.45) is 16.5. The van der Waals surface area contributed by atoms with Crippen LogP contribution in [0.25, 0.3) is 0 Å².